The fraction of sp³-hybridized carbons (Fsp3) is 0.333. The SMILES string of the molecule is Cc1ccc(-n2c(SCC(=O)NC3(C#N)CCCCC3)nnc2-c2ccccc2F)cc1. The summed E-state index contributed by atoms with van der Waals surface area (Å²) in [6.07, 6.45) is 4.32. The van der Waals surface area contributed by atoms with E-state index < -0.39 is 11.4 Å². The second-order valence-electron chi connectivity index (χ2n) is 8.05. The molecule has 0 radical (unpaired) electrons. The van der Waals surface area contributed by atoms with Crippen LogP contribution in [0.5, 0.6) is 0 Å². The van der Waals surface area contributed by atoms with Crippen molar-refractivity contribution in [1.29, 1.82) is 5.26 Å². The molecule has 1 aliphatic rings. The number of carbonyl (C=O) groups excluding carboxylic acids is 1. The van der Waals surface area contributed by atoms with Crippen LogP contribution < -0.4 is 5.32 Å². The summed E-state index contributed by atoms with van der Waals surface area (Å²) in [5, 5.41) is 21.5. The van der Waals surface area contributed by atoms with Crippen LogP contribution in [0.1, 0.15) is 37.7 Å². The molecule has 1 fully saturated rings. The summed E-state index contributed by atoms with van der Waals surface area (Å²) < 4.78 is 16.3. The van der Waals surface area contributed by atoms with Gasteiger partial charge in [0.2, 0.25) is 5.91 Å². The first-order chi connectivity index (χ1) is 15.5. The van der Waals surface area contributed by atoms with Crippen molar-refractivity contribution in [3.63, 3.8) is 0 Å². The molecule has 32 heavy (non-hydrogen) atoms. The van der Waals surface area contributed by atoms with Crippen LogP contribution in [0, 0.1) is 24.1 Å². The van der Waals surface area contributed by atoms with Crippen molar-refractivity contribution < 1.29 is 9.18 Å². The molecule has 3 aromatic rings. The largest absolute Gasteiger partial charge is 0.337 e. The Morgan fingerprint density at radius 1 is 1.16 bits per heavy atom. The molecule has 0 atom stereocenters. The van der Waals surface area contributed by atoms with E-state index in [1.807, 2.05) is 31.2 Å². The number of hydrogen-bond acceptors (Lipinski definition) is 5. The van der Waals surface area contributed by atoms with Gasteiger partial charge in [-0.05, 0) is 44.0 Å². The Kier molecular flexibility index (Phi) is 6.56. The first-order valence-corrected chi connectivity index (χ1v) is 11.6. The number of aromatic nitrogens is 3. The molecule has 1 N–H and O–H groups in total. The zero-order valence-corrected chi connectivity index (χ0v) is 18.7. The van der Waals surface area contributed by atoms with Gasteiger partial charge < -0.3 is 5.32 Å². The van der Waals surface area contributed by atoms with Gasteiger partial charge in [-0.1, -0.05) is 60.9 Å². The summed E-state index contributed by atoms with van der Waals surface area (Å²) in [7, 11) is 0. The minimum atomic E-state index is -0.779. The number of benzene rings is 2. The predicted molar refractivity (Wildman–Crippen MR) is 122 cm³/mol. The molecule has 1 aliphatic carbocycles. The fourth-order valence-corrected chi connectivity index (χ4v) is 4.71. The lowest BCUT2D eigenvalue weighted by molar-refractivity contribution is -0.120. The van der Waals surface area contributed by atoms with Crippen molar-refractivity contribution in [3.8, 4) is 23.1 Å². The third-order valence-electron chi connectivity index (χ3n) is 5.67. The number of rotatable bonds is 6. The Morgan fingerprint density at radius 3 is 2.56 bits per heavy atom. The first kappa shape index (κ1) is 22.0. The molecule has 8 heteroatoms. The normalized spacial score (nSPS) is 15.2. The first-order valence-electron chi connectivity index (χ1n) is 10.6. The highest BCUT2D eigenvalue weighted by Gasteiger charge is 2.33. The number of carbonyl (C=O) groups is 1. The second kappa shape index (κ2) is 9.53. The number of halogens is 1. The number of aryl methyl sites for hydroxylation is 1. The zero-order valence-electron chi connectivity index (χ0n) is 17.8. The van der Waals surface area contributed by atoms with Gasteiger partial charge in [-0.2, -0.15) is 5.26 Å². The van der Waals surface area contributed by atoms with Gasteiger partial charge in [0, 0.05) is 5.69 Å². The molecule has 0 bridgehead atoms. The van der Waals surface area contributed by atoms with Crippen LogP contribution >= 0.6 is 11.8 Å². The van der Waals surface area contributed by atoms with Crippen molar-refractivity contribution >= 4 is 17.7 Å². The maximum absolute atomic E-state index is 14.5. The van der Waals surface area contributed by atoms with Crippen molar-refractivity contribution in [3.05, 3.63) is 59.9 Å². The van der Waals surface area contributed by atoms with E-state index in [-0.39, 0.29) is 11.7 Å². The van der Waals surface area contributed by atoms with Gasteiger partial charge in [0.15, 0.2) is 11.0 Å². The Balaban J connectivity index is 1.60. The number of hydrogen-bond donors (Lipinski definition) is 1. The van der Waals surface area contributed by atoms with Crippen molar-refractivity contribution in [2.24, 2.45) is 0 Å². The predicted octanol–water partition coefficient (Wildman–Crippen LogP) is 4.82. The molecular weight excluding hydrogens is 425 g/mol. The van der Waals surface area contributed by atoms with E-state index >= 15 is 0 Å². The maximum atomic E-state index is 14.5. The summed E-state index contributed by atoms with van der Waals surface area (Å²) in [6, 6.07) is 16.5. The van der Waals surface area contributed by atoms with Gasteiger partial charge in [-0.15, -0.1) is 10.2 Å². The number of nitriles is 1. The maximum Gasteiger partial charge on any atom is 0.231 e. The van der Waals surface area contributed by atoms with Crippen LogP contribution in [0.2, 0.25) is 0 Å². The van der Waals surface area contributed by atoms with Gasteiger partial charge in [0.25, 0.3) is 0 Å². The molecule has 0 spiro atoms. The standard InChI is InChI=1S/C24H24FN5OS/c1-17-9-11-18(12-10-17)30-22(19-7-3-4-8-20(19)25)28-29-23(30)32-15-21(31)27-24(16-26)13-5-2-6-14-24/h3-4,7-12H,2,5-6,13-15H2,1H3,(H,27,31). The average Bonchev–Trinajstić information content (AvgIpc) is 3.23. The van der Waals surface area contributed by atoms with Crippen LogP contribution in [0.25, 0.3) is 17.1 Å². The van der Waals surface area contributed by atoms with E-state index in [2.05, 4.69) is 21.6 Å². The molecular formula is C24H24FN5OS. The molecule has 4 rings (SSSR count). The van der Waals surface area contributed by atoms with E-state index in [4.69, 9.17) is 0 Å². The fourth-order valence-electron chi connectivity index (χ4n) is 3.96. The zero-order chi connectivity index (χ0) is 22.6. The number of thioether (sulfide) groups is 1. The highest BCUT2D eigenvalue weighted by molar-refractivity contribution is 7.99. The van der Waals surface area contributed by atoms with Crippen LogP contribution in [-0.4, -0.2) is 32.0 Å². The van der Waals surface area contributed by atoms with Crippen LogP contribution in [0.3, 0.4) is 0 Å². The molecule has 6 nitrogen and oxygen atoms in total. The molecule has 1 heterocycles. The highest BCUT2D eigenvalue weighted by atomic mass is 32.2. The molecule has 2 aromatic carbocycles. The van der Waals surface area contributed by atoms with Crippen molar-refractivity contribution in [2.45, 2.75) is 49.7 Å². The smallest absolute Gasteiger partial charge is 0.231 e. The van der Waals surface area contributed by atoms with E-state index in [1.54, 1.807) is 22.8 Å². The Bertz CT molecular complexity index is 1150. The third-order valence-corrected chi connectivity index (χ3v) is 6.60. The molecule has 1 saturated carbocycles. The Labute approximate surface area is 190 Å². The van der Waals surface area contributed by atoms with E-state index in [1.165, 1.54) is 17.8 Å². The lowest BCUT2D eigenvalue weighted by Crippen LogP contribution is -2.49. The average molecular weight is 450 g/mol. The minimum absolute atomic E-state index is 0.0880. The number of nitrogens with one attached hydrogen (secondary N) is 1. The highest BCUT2D eigenvalue weighted by Crippen LogP contribution is 2.31. The third kappa shape index (κ3) is 4.68. The van der Waals surface area contributed by atoms with E-state index in [9.17, 15) is 14.4 Å². The van der Waals surface area contributed by atoms with Gasteiger partial charge in [-0.25, -0.2) is 4.39 Å². The van der Waals surface area contributed by atoms with Crippen LogP contribution in [-0.2, 0) is 4.79 Å². The molecule has 164 valence electrons. The molecule has 0 unspecified atom stereocenters. The summed E-state index contributed by atoms with van der Waals surface area (Å²) in [5.41, 5.74) is 1.43. The molecule has 1 aromatic heterocycles. The van der Waals surface area contributed by atoms with Crippen molar-refractivity contribution in [2.75, 3.05) is 5.75 Å². The summed E-state index contributed by atoms with van der Waals surface area (Å²) in [4.78, 5) is 12.7. The van der Waals surface area contributed by atoms with Gasteiger partial charge in [0.1, 0.15) is 11.4 Å². The minimum Gasteiger partial charge on any atom is -0.337 e. The molecule has 1 amide bonds. The quantitative estimate of drug-likeness (QED) is 0.546. The second-order valence-corrected chi connectivity index (χ2v) is 8.99. The van der Waals surface area contributed by atoms with Gasteiger partial charge in [-0.3, -0.25) is 9.36 Å². The summed E-state index contributed by atoms with van der Waals surface area (Å²) in [6.45, 7) is 1.99. The van der Waals surface area contributed by atoms with Gasteiger partial charge >= 0.3 is 0 Å². The summed E-state index contributed by atoms with van der Waals surface area (Å²) >= 11 is 1.22. The van der Waals surface area contributed by atoms with Crippen LogP contribution in [0.4, 0.5) is 4.39 Å². The Hall–Kier alpha value is -3.18. The molecule has 0 aliphatic heterocycles. The molecule has 0 saturated heterocycles. The number of nitrogens with zero attached hydrogens (tertiary/aromatic N) is 4. The lowest BCUT2D eigenvalue weighted by Gasteiger charge is -2.31. The van der Waals surface area contributed by atoms with E-state index in [0.717, 1.165) is 30.5 Å². The van der Waals surface area contributed by atoms with Gasteiger partial charge in [0.05, 0.1) is 17.4 Å². The topological polar surface area (TPSA) is 83.6 Å². The lowest BCUT2D eigenvalue weighted by atomic mass is 9.83. The monoisotopic (exact) mass is 449 g/mol. The van der Waals surface area contributed by atoms with E-state index in [0.29, 0.717) is 29.4 Å². The number of amides is 1. The van der Waals surface area contributed by atoms with Crippen LogP contribution in [0.15, 0.2) is 53.7 Å². The summed E-state index contributed by atoms with van der Waals surface area (Å²) in [5.74, 6) is -0.152. The Morgan fingerprint density at radius 2 is 1.88 bits per heavy atom. The van der Waals surface area contributed by atoms with Crippen molar-refractivity contribution in [1.82, 2.24) is 20.1 Å².